The van der Waals surface area contributed by atoms with Gasteiger partial charge < -0.3 is 14.4 Å². The molecule has 0 aromatic heterocycles. The van der Waals surface area contributed by atoms with Gasteiger partial charge in [0.15, 0.2) is 0 Å². The number of rotatable bonds is 4. The van der Waals surface area contributed by atoms with Crippen molar-refractivity contribution in [1.82, 2.24) is 4.90 Å². The smallest absolute Gasteiger partial charge is 0.223 e. The molecule has 120 valence electrons. The maximum Gasteiger partial charge on any atom is 0.223 e. The third-order valence-corrected chi connectivity index (χ3v) is 5.71. The van der Waals surface area contributed by atoms with Crippen LogP contribution in [0.5, 0.6) is 5.75 Å². The van der Waals surface area contributed by atoms with Crippen molar-refractivity contribution >= 4 is 21.8 Å². The summed E-state index contributed by atoms with van der Waals surface area (Å²) in [5, 5.41) is 0. The highest BCUT2D eigenvalue weighted by molar-refractivity contribution is 9.10. The standard InChI is InChI=1S/C17H22BrNO3/c1-21-15-5-3-11(15)9-17(20)19-8-7-12-13(10-19)14(18)4-6-16(12)22-2/h4,6,11,15H,3,5,7-10H2,1-2H3. The highest BCUT2D eigenvalue weighted by Gasteiger charge is 2.34. The Balaban J connectivity index is 1.70. The molecule has 0 N–H and O–H groups in total. The first-order valence-electron chi connectivity index (χ1n) is 7.78. The number of carbonyl (C=O) groups is 1. The number of hydrogen-bond acceptors (Lipinski definition) is 3. The van der Waals surface area contributed by atoms with E-state index in [0.717, 1.165) is 36.0 Å². The first kappa shape index (κ1) is 15.8. The second kappa shape index (κ2) is 6.59. The molecule has 1 aromatic rings. The predicted octanol–water partition coefficient (Wildman–Crippen LogP) is 3.16. The number of ether oxygens (including phenoxy) is 2. The van der Waals surface area contributed by atoms with Crippen LogP contribution in [0.15, 0.2) is 16.6 Å². The molecule has 3 rings (SSSR count). The molecule has 1 fully saturated rings. The van der Waals surface area contributed by atoms with E-state index in [-0.39, 0.29) is 12.0 Å². The van der Waals surface area contributed by atoms with Crippen LogP contribution < -0.4 is 4.74 Å². The van der Waals surface area contributed by atoms with Gasteiger partial charge in [-0.15, -0.1) is 0 Å². The third-order valence-electron chi connectivity index (χ3n) is 4.97. The molecule has 4 nitrogen and oxygen atoms in total. The van der Waals surface area contributed by atoms with E-state index < -0.39 is 0 Å². The molecule has 5 heteroatoms. The van der Waals surface area contributed by atoms with E-state index in [1.165, 1.54) is 11.1 Å². The number of nitrogens with zero attached hydrogens (tertiary/aromatic N) is 1. The number of halogens is 1. The van der Waals surface area contributed by atoms with Crippen molar-refractivity contribution in [2.24, 2.45) is 5.92 Å². The third kappa shape index (κ3) is 2.88. The summed E-state index contributed by atoms with van der Waals surface area (Å²) in [5.74, 6) is 1.56. The monoisotopic (exact) mass is 367 g/mol. The summed E-state index contributed by atoms with van der Waals surface area (Å²) in [6, 6.07) is 3.98. The van der Waals surface area contributed by atoms with Gasteiger partial charge >= 0.3 is 0 Å². The van der Waals surface area contributed by atoms with E-state index in [9.17, 15) is 4.79 Å². The molecule has 0 saturated heterocycles. The minimum atomic E-state index is 0.243. The van der Waals surface area contributed by atoms with Crippen molar-refractivity contribution in [1.29, 1.82) is 0 Å². The molecular formula is C17H22BrNO3. The Bertz CT molecular complexity index is 573. The van der Waals surface area contributed by atoms with Gasteiger partial charge in [0, 0.05) is 36.7 Å². The number of carbonyl (C=O) groups excluding carboxylic acids is 1. The summed E-state index contributed by atoms with van der Waals surface area (Å²) in [6.45, 7) is 1.43. The Morgan fingerprint density at radius 3 is 2.77 bits per heavy atom. The van der Waals surface area contributed by atoms with E-state index in [1.54, 1.807) is 14.2 Å². The predicted molar refractivity (Wildman–Crippen MR) is 88.0 cm³/mol. The second-order valence-corrected chi connectivity index (χ2v) is 6.94. The van der Waals surface area contributed by atoms with Gasteiger partial charge in [-0.25, -0.2) is 0 Å². The quantitative estimate of drug-likeness (QED) is 0.820. The Hall–Kier alpha value is -1.07. The van der Waals surface area contributed by atoms with Crippen molar-refractivity contribution in [2.45, 2.75) is 38.3 Å². The molecule has 0 bridgehead atoms. The summed E-state index contributed by atoms with van der Waals surface area (Å²) < 4.78 is 11.9. The molecule has 1 aliphatic carbocycles. The van der Waals surface area contributed by atoms with Crippen molar-refractivity contribution < 1.29 is 14.3 Å². The summed E-state index contributed by atoms with van der Waals surface area (Å²) in [7, 11) is 3.43. The fraction of sp³-hybridized carbons (Fsp3) is 0.588. The fourth-order valence-corrected chi connectivity index (χ4v) is 3.94. The molecule has 1 aromatic carbocycles. The Morgan fingerprint density at radius 2 is 2.14 bits per heavy atom. The van der Waals surface area contributed by atoms with Gasteiger partial charge in [-0.1, -0.05) is 15.9 Å². The SMILES string of the molecule is COc1ccc(Br)c2c1CCN(C(=O)CC1CCC1OC)C2. The van der Waals surface area contributed by atoms with Crippen LogP contribution in [-0.2, 0) is 22.5 Å². The van der Waals surface area contributed by atoms with E-state index in [2.05, 4.69) is 15.9 Å². The zero-order chi connectivity index (χ0) is 15.7. The van der Waals surface area contributed by atoms with Gasteiger partial charge in [-0.05, 0) is 42.9 Å². The van der Waals surface area contributed by atoms with Gasteiger partial charge in [-0.3, -0.25) is 4.79 Å². The summed E-state index contributed by atoms with van der Waals surface area (Å²) >= 11 is 3.60. The zero-order valence-electron chi connectivity index (χ0n) is 13.1. The molecule has 1 saturated carbocycles. The lowest BCUT2D eigenvalue weighted by Crippen LogP contribution is -2.41. The molecule has 1 aliphatic heterocycles. The van der Waals surface area contributed by atoms with Crippen LogP contribution in [0.3, 0.4) is 0 Å². The van der Waals surface area contributed by atoms with Crippen molar-refractivity contribution in [3.63, 3.8) is 0 Å². The number of benzene rings is 1. The van der Waals surface area contributed by atoms with E-state index in [4.69, 9.17) is 9.47 Å². The van der Waals surface area contributed by atoms with Gasteiger partial charge in [0.2, 0.25) is 5.91 Å². The fourth-order valence-electron chi connectivity index (χ4n) is 3.44. The summed E-state index contributed by atoms with van der Waals surface area (Å²) in [5.41, 5.74) is 2.40. The minimum absolute atomic E-state index is 0.243. The van der Waals surface area contributed by atoms with Crippen LogP contribution in [0.2, 0.25) is 0 Å². The first-order valence-corrected chi connectivity index (χ1v) is 8.58. The highest BCUT2D eigenvalue weighted by Crippen LogP contribution is 2.36. The zero-order valence-corrected chi connectivity index (χ0v) is 14.7. The molecule has 1 heterocycles. The largest absolute Gasteiger partial charge is 0.496 e. The summed E-state index contributed by atoms with van der Waals surface area (Å²) in [4.78, 5) is 14.5. The van der Waals surface area contributed by atoms with E-state index in [0.29, 0.717) is 18.9 Å². The lowest BCUT2D eigenvalue weighted by atomic mass is 9.79. The van der Waals surface area contributed by atoms with Crippen LogP contribution in [-0.4, -0.2) is 37.7 Å². The lowest BCUT2D eigenvalue weighted by Gasteiger charge is -2.37. The average Bonchev–Trinajstić information content (AvgIpc) is 2.52. The van der Waals surface area contributed by atoms with Crippen molar-refractivity contribution in [3.05, 3.63) is 27.7 Å². The second-order valence-electron chi connectivity index (χ2n) is 6.09. The van der Waals surface area contributed by atoms with Crippen molar-refractivity contribution in [3.8, 4) is 5.75 Å². The van der Waals surface area contributed by atoms with E-state index >= 15 is 0 Å². The molecule has 2 aliphatic rings. The molecule has 2 unspecified atom stereocenters. The maximum absolute atomic E-state index is 12.6. The molecule has 1 amide bonds. The number of fused-ring (bicyclic) bond motifs is 1. The number of hydrogen-bond donors (Lipinski definition) is 0. The highest BCUT2D eigenvalue weighted by atomic mass is 79.9. The Morgan fingerprint density at radius 1 is 1.32 bits per heavy atom. The topological polar surface area (TPSA) is 38.8 Å². The molecule has 0 radical (unpaired) electrons. The number of methoxy groups -OCH3 is 2. The normalized spacial score (nSPS) is 23.7. The Labute approximate surface area is 139 Å². The molecular weight excluding hydrogens is 346 g/mol. The minimum Gasteiger partial charge on any atom is -0.496 e. The van der Waals surface area contributed by atoms with Crippen LogP contribution in [0.25, 0.3) is 0 Å². The summed E-state index contributed by atoms with van der Waals surface area (Å²) in [6.07, 6.45) is 3.91. The first-order chi connectivity index (χ1) is 10.6. The van der Waals surface area contributed by atoms with Gasteiger partial charge in [0.05, 0.1) is 13.2 Å². The van der Waals surface area contributed by atoms with Crippen LogP contribution in [0.1, 0.15) is 30.4 Å². The van der Waals surface area contributed by atoms with Gasteiger partial charge in [0.25, 0.3) is 0 Å². The van der Waals surface area contributed by atoms with Crippen LogP contribution in [0, 0.1) is 5.92 Å². The Kier molecular flexibility index (Phi) is 4.73. The van der Waals surface area contributed by atoms with Gasteiger partial charge in [-0.2, -0.15) is 0 Å². The van der Waals surface area contributed by atoms with Crippen LogP contribution in [0.4, 0.5) is 0 Å². The molecule has 0 spiro atoms. The van der Waals surface area contributed by atoms with E-state index in [1.807, 2.05) is 17.0 Å². The van der Waals surface area contributed by atoms with Crippen molar-refractivity contribution in [2.75, 3.05) is 20.8 Å². The molecule has 22 heavy (non-hydrogen) atoms. The number of amides is 1. The van der Waals surface area contributed by atoms with Crippen LogP contribution >= 0.6 is 15.9 Å². The van der Waals surface area contributed by atoms with Gasteiger partial charge in [0.1, 0.15) is 5.75 Å². The maximum atomic E-state index is 12.6. The molecule has 2 atom stereocenters. The lowest BCUT2D eigenvalue weighted by molar-refractivity contribution is -0.136. The average molecular weight is 368 g/mol.